The molecular weight excluding hydrogens is 328 g/mol. The Morgan fingerprint density at radius 3 is 1.85 bits per heavy atom. The lowest BCUT2D eigenvalue weighted by molar-refractivity contribution is 0.381. The van der Waals surface area contributed by atoms with Crippen molar-refractivity contribution < 1.29 is 0 Å². The fourth-order valence-electron chi connectivity index (χ4n) is 4.21. The molecule has 0 aromatic heterocycles. The zero-order valence-corrected chi connectivity index (χ0v) is 16.2. The average Bonchev–Trinajstić information content (AvgIpc) is 3.08. The molecule has 2 nitrogen and oxygen atoms in total. The lowest BCUT2D eigenvalue weighted by Crippen LogP contribution is -2.25. The molecule has 1 aliphatic rings. The maximum absolute atomic E-state index is 3.74. The average molecular weight is 357 g/mol. The first-order valence-corrected chi connectivity index (χ1v) is 9.80. The zero-order valence-electron chi connectivity index (χ0n) is 16.2. The van der Waals surface area contributed by atoms with E-state index in [1.54, 1.807) is 0 Å². The van der Waals surface area contributed by atoms with Gasteiger partial charge in [0.1, 0.15) is 0 Å². The van der Waals surface area contributed by atoms with Gasteiger partial charge in [-0.05, 0) is 48.8 Å². The molecule has 138 valence electrons. The van der Waals surface area contributed by atoms with E-state index in [2.05, 4.69) is 109 Å². The molecule has 0 amide bonds. The van der Waals surface area contributed by atoms with E-state index in [0.29, 0.717) is 0 Å². The molecule has 0 spiro atoms. The molecule has 27 heavy (non-hydrogen) atoms. The second kappa shape index (κ2) is 7.58. The monoisotopic (exact) mass is 356 g/mol. The molecule has 0 unspecified atom stereocenters. The van der Waals surface area contributed by atoms with Gasteiger partial charge in [0.15, 0.2) is 0 Å². The van der Waals surface area contributed by atoms with Crippen LogP contribution >= 0.6 is 0 Å². The summed E-state index contributed by atoms with van der Waals surface area (Å²) in [7, 11) is 2.21. The van der Waals surface area contributed by atoms with Crippen molar-refractivity contribution in [3.05, 3.63) is 102 Å². The van der Waals surface area contributed by atoms with E-state index in [-0.39, 0.29) is 11.5 Å². The van der Waals surface area contributed by atoms with Gasteiger partial charge in [0, 0.05) is 17.6 Å². The van der Waals surface area contributed by atoms with Gasteiger partial charge in [0.2, 0.25) is 0 Å². The molecule has 1 fully saturated rings. The highest BCUT2D eigenvalue weighted by Crippen LogP contribution is 2.34. The van der Waals surface area contributed by atoms with E-state index in [4.69, 9.17) is 0 Å². The van der Waals surface area contributed by atoms with Crippen molar-refractivity contribution in [2.75, 3.05) is 25.5 Å². The number of hydrogen-bond donors (Lipinski definition) is 1. The van der Waals surface area contributed by atoms with E-state index < -0.39 is 0 Å². The number of nitrogens with zero attached hydrogens (tertiary/aromatic N) is 1. The second-order valence-electron chi connectivity index (χ2n) is 8.02. The Hall–Kier alpha value is -2.58. The summed E-state index contributed by atoms with van der Waals surface area (Å²) in [6.45, 7) is 4.70. The number of hydrogen-bond acceptors (Lipinski definition) is 2. The summed E-state index contributed by atoms with van der Waals surface area (Å²) in [6.07, 6.45) is 1.23. The summed E-state index contributed by atoms with van der Waals surface area (Å²) in [4.78, 5) is 2.42. The van der Waals surface area contributed by atoms with Crippen LogP contribution in [0.15, 0.2) is 84.9 Å². The Morgan fingerprint density at radius 1 is 0.815 bits per heavy atom. The van der Waals surface area contributed by atoms with Gasteiger partial charge < -0.3 is 10.2 Å². The molecule has 0 radical (unpaired) electrons. The first kappa shape index (κ1) is 17.8. The predicted octanol–water partition coefficient (Wildman–Crippen LogP) is 5.48. The molecule has 2 heteroatoms. The summed E-state index contributed by atoms with van der Waals surface area (Å²) in [5.74, 6) is 0. The Labute approximate surface area is 162 Å². The maximum Gasteiger partial charge on any atom is 0.0767 e. The summed E-state index contributed by atoms with van der Waals surface area (Å²) in [6, 6.07) is 30.5. The fraction of sp³-hybridized carbons (Fsp3) is 0.280. The molecule has 4 rings (SSSR count). The van der Waals surface area contributed by atoms with E-state index in [0.717, 1.165) is 12.2 Å². The lowest BCUT2D eigenvalue weighted by Gasteiger charge is -2.26. The maximum atomic E-state index is 3.74. The molecule has 0 aliphatic carbocycles. The normalized spacial score (nSPS) is 20.1. The van der Waals surface area contributed by atoms with Crippen molar-refractivity contribution in [1.29, 1.82) is 0 Å². The van der Waals surface area contributed by atoms with Gasteiger partial charge in [-0.1, -0.05) is 79.7 Å². The predicted molar refractivity (Wildman–Crippen MR) is 114 cm³/mol. The molecule has 1 aliphatic heterocycles. The largest absolute Gasteiger partial charge is 0.374 e. The van der Waals surface area contributed by atoms with Crippen molar-refractivity contribution in [2.45, 2.75) is 24.8 Å². The minimum atomic E-state index is 0.145. The highest BCUT2D eigenvalue weighted by Gasteiger charge is 2.33. The Kier molecular flexibility index (Phi) is 5.00. The summed E-state index contributed by atoms with van der Waals surface area (Å²) >= 11 is 0. The molecule has 0 bridgehead atoms. The van der Waals surface area contributed by atoms with Crippen LogP contribution in [0, 0.1) is 0 Å². The topological polar surface area (TPSA) is 15.3 Å². The summed E-state index contributed by atoms with van der Waals surface area (Å²) in [5.41, 5.74) is 5.42. The molecule has 1 N–H and O–H groups in total. The van der Waals surface area contributed by atoms with E-state index in [9.17, 15) is 0 Å². The number of likely N-dealkylation sites (N-methyl/N-ethyl adjacent to an activating group) is 1. The number of benzene rings is 3. The van der Waals surface area contributed by atoms with Crippen LogP contribution in [0.5, 0.6) is 0 Å². The van der Waals surface area contributed by atoms with Crippen molar-refractivity contribution in [2.24, 2.45) is 0 Å². The Bertz CT molecular complexity index is 818. The molecular formula is C25H28N2. The first-order valence-electron chi connectivity index (χ1n) is 9.80. The van der Waals surface area contributed by atoms with E-state index in [1.165, 1.54) is 29.7 Å². The van der Waals surface area contributed by atoms with Crippen LogP contribution in [0.4, 0.5) is 5.69 Å². The Morgan fingerprint density at radius 2 is 1.37 bits per heavy atom. The van der Waals surface area contributed by atoms with E-state index in [1.807, 2.05) is 0 Å². The van der Waals surface area contributed by atoms with Crippen molar-refractivity contribution in [1.82, 2.24) is 4.90 Å². The SMILES string of the molecule is CN1CC[C@](C)(c2ccc(NC(c3ccccc3)c3ccccc3)cc2)C1. The van der Waals surface area contributed by atoms with Gasteiger partial charge in [-0.15, -0.1) is 0 Å². The van der Waals surface area contributed by atoms with Crippen LogP contribution < -0.4 is 5.32 Å². The zero-order chi connectivity index (χ0) is 18.7. The van der Waals surface area contributed by atoms with Crippen LogP contribution in [-0.4, -0.2) is 25.0 Å². The quantitative estimate of drug-likeness (QED) is 0.651. The third-order valence-corrected chi connectivity index (χ3v) is 5.82. The van der Waals surface area contributed by atoms with Gasteiger partial charge >= 0.3 is 0 Å². The van der Waals surface area contributed by atoms with Gasteiger partial charge in [0.25, 0.3) is 0 Å². The Balaban J connectivity index is 1.59. The van der Waals surface area contributed by atoms with Gasteiger partial charge in [0.05, 0.1) is 6.04 Å². The van der Waals surface area contributed by atoms with Crippen molar-refractivity contribution >= 4 is 5.69 Å². The smallest absolute Gasteiger partial charge is 0.0767 e. The molecule has 1 atom stereocenters. The minimum absolute atomic E-state index is 0.145. The first-order chi connectivity index (χ1) is 13.1. The van der Waals surface area contributed by atoms with Gasteiger partial charge in [-0.3, -0.25) is 0 Å². The number of anilines is 1. The van der Waals surface area contributed by atoms with E-state index >= 15 is 0 Å². The summed E-state index contributed by atoms with van der Waals surface area (Å²) < 4.78 is 0. The van der Waals surface area contributed by atoms with Crippen molar-refractivity contribution in [3.63, 3.8) is 0 Å². The highest BCUT2D eigenvalue weighted by atomic mass is 15.1. The molecule has 1 heterocycles. The number of likely N-dealkylation sites (tertiary alicyclic amines) is 1. The summed E-state index contributed by atoms with van der Waals surface area (Å²) in [5, 5.41) is 3.74. The second-order valence-corrected chi connectivity index (χ2v) is 8.02. The van der Waals surface area contributed by atoms with Crippen LogP contribution in [0.2, 0.25) is 0 Å². The lowest BCUT2D eigenvalue weighted by atomic mass is 9.82. The molecule has 3 aromatic carbocycles. The van der Waals surface area contributed by atoms with Crippen LogP contribution in [0.1, 0.15) is 36.1 Å². The number of nitrogens with one attached hydrogen (secondary N) is 1. The molecule has 3 aromatic rings. The number of rotatable bonds is 5. The van der Waals surface area contributed by atoms with Gasteiger partial charge in [-0.25, -0.2) is 0 Å². The third kappa shape index (κ3) is 3.91. The van der Waals surface area contributed by atoms with Crippen molar-refractivity contribution in [3.8, 4) is 0 Å². The van der Waals surface area contributed by atoms with Crippen LogP contribution in [-0.2, 0) is 5.41 Å². The molecule has 0 saturated carbocycles. The van der Waals surface area contributed by atoms with Crippen LogP contribution in [0.25, 0.3) is 0 Å². The van der Waals surface area contributed by atoms with Gasteiger partial charge in [-0.2, -0.15) is 0 Å². The molecule has 1 saturated heterocycles. The van der Waals surface area contributed by atoms with Crippen LogP contribution in [0.3, 0.4) is 0 Å². The minimum Gasteiger partial charge on any atom is -0.374 e. The fourth-order valence-corrected chi connectivity index (χ4v) is 4.21. The standard InChI is InChI=1S/C25H28N2/c1-25(17-18-27(2)19-25)22-13-15-23(16-14-22)26-24(20-9-5-3-6-10-20)21-11-7-4-8-12-21/h3-16,24,26H,17-19H2,1-2H3/t25-/m0/s1. The third-order valence-electron chi connectivity index (χ3n) is 5.82. The highest BCUT2D eigenvalue weighted by molar-refractivity contribution is 5.51.